The highest BCUT2D eigenvalue weighted by molar-refractivity contribution is 5.31. The van der Waals surface area contributed by atoms with Crippen LogP contribution in [0.5, 0.6) is 5.75 Å². The van der Waals surface area contributed by atoms with Crippen LogP contribution >= 0.6 is 0 Å². The third-order valence-electron chi connectivity index (χ3n) is 2.42. The molecular weight excluding hydrogens is 198 g/mol. The minimum atomic E-state index is 0.220. The Labute approximate surface area is 95.7 Å². The maximum Gasteiger partial charge on any atom is 0.137 e. The van der Waals surface area contributed by atoms with Gasteiger partial charge in [0.2, 0.25) is 0 Å². The Morgan fingerprint density at radius 2 is 1.44 bits per heavy atom. The molecule has 0 heterocycles. The van der Waals surface area contributed by atoms with Crippen molar-refractivity contribution in [3.63, 3.8) is 0 Å². The van der Waals surface area contributed by atoms with Gasteiger partial charge in [0.05, 0.1) is 0 Å². The molecule has 0 saturated heterocycles. The first kappa shape index (κ1) is 10.7. The fourth-order valence-electron chi connectivity index (χ4n) is 1.63. The number of hydrogen-bond donors (Lipinski definition) is 1. The monoisotopic (exact) mass is 213 g/mol. The molecule has 2 nitrogen and oxygen atoms in total. The van der Waals surface area contributed by atoms with E-state index in [9.17, 15) is 0 Å². The van der Waals surface area contributed by atoms with Crippen molar-refractivity contribution < 1.29 is 4.74 Å². The van der Waals surface area contributed by atoms with Crippen molar-refractivity contribution in [3.8, 4) is 5.75 Å². The average molecular weight is 213 g/mol. The van der Waals surface area contributed by atoms with Gasteiger partial charge in [0.25, 0.3) is 0 Å². The molecule has 0 amide bonds. The van der Waals surface area contributed by atoms with E-state index < -0.39 is 0 Å². The molecule has 0 aliphatic carbocycles. The van der Waals surface area contributed by atoms with E-state index in [1.807, 2.05) is 18.2 Å². The number of benzene rings is 2. The zero-order valence-corrected chi connectivity index (χ0v) is 9.10. The van der Waals surface area contributed by atoms with E-state index in [2.05, 4.69) is 36.4 Å². The van der Waals surface area contributed by atoms with Crippen LogP contribution in [0.25, 0.3) is 0 Å². The lowest BCUT2D eigenvalue weighted by atomic mass is 10.1. The Bertz CT molecular complexity index is 422. The summed E-state index contributed by atoms with van der Waals surface area (Å²) in [7, 11) is 0. The number of hydrogen-bond acceptors (Lipinski definition) is 2. The smallest absolute Gasteiger partial charge is 0.137 e. The van der Waals surface area contributed by atoms with E-state index >= 15 is 0 Å². The van der Waals surface area contributed by atoms with E-state index in [1.54, 1.807) is 0 Å². The van der Waals surface area contributed by atoms with Gasteiger partial charge in [0.15, 0.2) is 0 Å². The van der Waals surface area contributed by atoms with Crippen molar-refractivity contribution in [2.24, 2.45) is 5.73 Å². The van der Waals surface area contributed by atoms with Crippen LogP contribution in [0.15, 0.2) is 54.6 Å². The van der Waals surface area contributed by atoms with Gasteiger partial charge in [0, 0.05) is 0 Å². The molecular formula is C14H15NO. The summed E-state index contributed by atoms with van der Waals surface area (Å²) in [6.45, 7) is 0.220. The maximum atomic E-state index is 5.30. The molecule has 2 N–H and O–H groups in total. The van der Waals surface area contributed by atoms with Crippen molar-refractivity contribution in [2.75, 3.05) is 6.73 Å². The minimum absolute atomic E-state index is 0.220. The molecule has 0 radical (unpaired) electrons. The normalized spacial score (nSPS) is 10.1. The molecule has 0 atom stereocenters. The molecule has 0 bridgehead atoms. The van der Waals surface area contributed by atoms with Gasteiger partial charge in [-0.1, -0.05) is 42.5 Å². The Morgan fingerprint density at radius 1 is 0.812 bits per heavy atom. The highest BCUT2D eigenvalue weighted by Crippen LogP contribution is 2.14. The largest absolute Gasteiger partial charge is 0.479 e. The summed E-state index contributed by atoms with van der Waals surface area (Å²) in [4.78, 5) is 0. The zero-order chi connectivity index (χ0) is 11.2. The summed E-state index contributed by atoms with van der Waals surface area (Å²) in [5, 5.41) is 0. The van der Waals surface area contributed by atoms with E-state index in [-0.39, 0.29) is 6.73 Å². The quantitative estimate of drug-likeness (QED) is 0.792. The predicted molar refractivity (Wildman–Crippen MR) is 65.4 cm³/mol. The first-order valence-electron chi connectivity index (χ1n) is 5.34. The Kier molecular flexibility index (Phi) is 3.57. The van der Waals surface area contributed by atoms with Crippen molar-refractivity contribution in [1.29, 1.82) is 0 Å². The molecule has 0 aliphatic rings. The van der Waals surface area contributed by atoms with Crippen LogP contribution in [0.2, 0.25) is 0 Å². The molecule has 0 aliphatic heterocycles. The second-order valence-corrected chi connectivity index (χ2v) is 3.62. The lowest BCUT2D eigenvalue weighted by Crippen LogP contribution is -2.07. The minimum Gasteiger partial charge on any atom is -0.479 e. The fraction of sp³-hybridized carbons (Fsp3) is 0.143. The van der Waals surface area contributed by atoms with Gasteiger partial charge < -0.3 is 4.74 Å². The molecule has 2 rings (SSSR count). The van der Waals surface area contributed by atoms with Crippen molar-refractivity contribution in [3.05, 3.63) is 65.7 Å². The summed E-state index contributed by atoms with van der Waals surface area (Å²) >= 11 is 0. The summed E-state index contributed by atoms with van der Waals surface area (Å²) in [6.07, 6.45) is 0.948. The highest BCUT2D eigenvalue weighted by Gasteiger charge is 1.96. The number of ether oxygens (including phenoxy) is 1. The molecule has 0 spiro atoms. The predicted octanol–water partition coefficient (Wildman–Crippen LogP) is 2.57. The second kappa shape index (κ2) is 5.33. The van der Waals surface area contributed by atoms with E-state index in [4.69, 9.17) is 10.5 Å². The topological polar surface area (TPSA) is 35.2 Å². The zero-order valence-electron chi connectivity index (χ0n) is 9.10. The van der Waals surface area contributed by atoms with Crippen LogP contribution < -0.4 is 10.5 Å². The van der Waals surface area contributed by atoms with Gasteiger partial charge >= 0.3 is 0 Å². The van der Waals surface area contributed by atoms with Gasteiger partial charge in [-0.15, -0.1) is 0 Å². The fourth-order valence-corrected chi connectivity index (χ4v) is 1.63. The first-order valence-corrected chi connectivity index (χ1v) is 5.34. The SMILES string of the molecule is NCOc1ccc(Cc2ccccc2)cc1. The third kappa shape index (κ3) is 2.84. The highest BCUT2D eigenvalue weighted by atomic mass is 16.5. The molecule has 16 heavy (non-hydrogen) atoms. The van der Waals surface area contributed by atoms with E-state index in [0.717, 1.165) is 12.2 Å². The van der Waals surface area contributed by atoms with Crippen LogP contribution in [0.1, 0.15) is 11.1 Å². The summed E-state index contributed by atoms with van der Waals surface area (Å²) in [5.41, 5.74) is 7.89. The van der Waals surface area contributed by atoms with Crippen molar-refractivity contribution in [2.45, 2.75) is 6.42 Å². The lowest BCUT2D eigenvalue weighted by molar-refractivity contribution is 0.329. The van der Waals surface area contributed by atoms with E-state index in [0.29, 0.717) is 0 Å². The molecule has 0 unspecified atom stereocenters. The van der Waals surface area contributed by atoms with Crippen LogP contribution in [-0.4, -0.2) is 6.73 Å². The average Bonchev–Trinajstić information content (AvgIpc) is 2.33. The van der Waals surface area contributed by atoms with Gasteiger partial charge in [-0.25, -0.2) is 0 Å². The molecule has 82 valence electrons. The van der Waals surface area contributed by atoms with Crippen LogP contribution in [0.3, 0.4) is 0 Å². The molecule has 0 fully saturated rings. The maximum absolute atomic E-state index is 5.30. The van der Waals surface area contributed by atoms with Crippen LogP contribution in [0, 0.1) is 0 Å². The van der Waals surface area contributed by atoms with Gasteiger partial charge in [-0.2, -0.15) is 0 Å². The van der Waals surface area contributed by atoms with Gasteiger partial charge in [0.1, 0.15) is 12.5 Å². The Morgan fingerprint density at radius 3 is 2.06 bits per heavy atom. The number of nitrogens with two attached hydrogens (primary N) is 1. The molecule has 2 aromatic rings. The van der Waals surface area contributed by atoms with Crippen LogP contribution in [0.4, 0.5) is 0 Å². The second-order valence-electron chi connectivity index (χ2n) is 3.62. The Hall–Kier alpha value is -1.80. The third-order valence-corrected chi connectivity index (χ3v) is 2.42. The molecule has 2 heteroatoms. The Balaban J connectivity index is 2.05. The first-order chi connectivity index (χ1) is 7.88. The molecule has 0 saturated carbocycles. The van der Waals surface area contributed by atoms with Gasteiger partial charge in [-0.3, -0.25) is 5.73 Å². The summed E-state index contributed by atoms with van der Waals surface area (Å²) in [6, 6.07) is 18.4. The summed E-state index contributed by atoms with van der Waals surface area (Å²) < 4.78 is 5.19. The van der Waals surface area contributed by atoms with Crippen molar-refractivity contribution in [1.82, 2.24) is 0 Å². The molecule has 2 aromatic carbocycles. The van der Waals surface area contributed by atoms with Gasteiger partial charge in [-0.05, 0) is 29.7 Å². The lowest BCUT2D eigenvalue weighted by Gasteiger charge is -2.05. The summed E-state index contributed by atoms with van der Waals surface area (Å²) in [5.74, 6) is 0.819. The van der Waals surface area contributed by atoms with Crippen molar-refractivity contribution >= 4 is 0 Å². The number of rotatable bonds is 4. The molecule has 0 aromatic heterocycles. The van der Waals surface area contributed by atoms with E-state index in [1.165, 1.54) is 11.1 Å². The van der Waals surface area contributed by atoms with Crippen LogP contribution in [-0.2, 0) is 6.42 Å². The standard InChI is InChI=1S/C14H15NO/c15-11-16-14-8-6-13(7-9-14)10-12-4-2-1-3-5-12/h1-9H,10-11,15H2.